The molecule has 0 unspecified atom stereocenters. The molecule has 2 amide bonds. The fourth-order valence-electron chi connectivity index (χ4n) is 3.89. The first kappa shape index (κ1) is 22.9. The molecule has 8 heteroatoms. The standard InChI is InChI=1S/C25H31N3O5/c1-31-21-8-9-23(32-2)19(14-21)16-27-10-12-28(13-11-27)24(29)17-33-22-5-3-4-20(15-22)26-25(30)18-6-7-18/h3-5,8-9,14-15,18H,6-7,10-13,16-17H2,1-2H3,(H,26,30). The van der Waals surface area contributed by atoms with E-state index in [-0.39, 0.29) is 24.3 Å². The smallest absolute Gasteiger partial charge is 0.260 e. The summed E-state index contributed by atoms with van der Waals surface area (Å²) in [6, 6.07) is 13.0. The van der Waals surface area contributed by atoms with Gasteiger partial charge in [-0.1, -0.05) is 6.07 Å². The number of benzene rings is 2. The monoisotopic (exact) mass is 453 g/mol. The minimum atomic E-state index is -0.0407. The molecule has 2 aliphatic rings. The van der Waals surface area contributed by atoms with E-state index in [9.17, 15) is 9.59 Å². The average Bonchev–Trinajstić information content (AvgIpc) is 3.69. The van der Waals surface area contributed by atoms with Crippen LogP contribution in [0.1, 0.15) is 18.4 Å². The van der Waals surface area contributed by atoms with E-state index in [2.05, 4.69) is 10.2 Å². The van der Waals surface area contributed by atoms with Gasteiger partial charge < -0.3 is 24.4 Å². The van der Waals surface area contributed by atoms with Crippen molar-refractivity contribution >= 4 is 17.5 Å². The predicted molar refractivity (Wildman–Crippen MR) is 125 cm³/mol. The zero-order chi connectivity index (χ0) is 23.2. The van der Waals surface area contributed by atoms with Crippen LogP contribution in [0.4, 0.5) is 5.69 Å². The first-order valence-corrected chi connectivity index (χ1v) is 11.3. The molecule has 0 atom stereocenters. The number of hydrogen-bond donors (Lipinski definition) is 1. The lowest BCUT2D eigenvalue weighted by atomic mass is 10.1. The number of nitrogens with zero attached hydrogens (tertiary/aromatic N) is 2. The number of carbonyl (C=O) groups excluding carboxylic acids is 2. The Hall–Kier alpha value is -3.26. The lowest BCUT2D eigenvalue weighted by Gasteiger charge is -2.35. The molecule has 176 valence electrons. The quantitative estimate of drug-likeness (QED) is 0.629. The fraction of sp³-hybridized carbons (Fsp3) is 0.440. The molecule has 0 aromatic heterocycles. The minimum Gasteiger partial charge on any atom is -0.497 e. The summed E-state index contributed by atoms with van der Waals surface area (Å²) in [4.78, 5) is 28.7. The van der Waals surface area contributed by atoms with Gasteiger partial charge in [-0.15, -0.1) is 0 Å². The molecule has 1 saturated heterocycles. The third-order valence-corrected chi connectivity index (χ3v) is 6.02. The van der Waals surface area contributed by atoms with Crippen LogP contribution in [0.2, 0.25) is 0 Å². The highest BCUT2D eigenvalue weighted by Crippen LogP contribution is 2.30. The van der Waals surface area contributed by atoms with Gasteiger partial charge in [-0.25, -0.2) is 0 Å². The lowest BCUT2D eigenvalue weighted by Crippen LogP contribution is -2.49. The van der Waals surface area contributed by atoms with E-state index in [4.69, 9.17) is 14.2 Å². The predicted octanol–water partition coefficient (Wildman–Crippen LogP) is 2.78. The van der Waals surface area contributed by atoms with E-state index in [1.165, 1.54) is 0 Å². The van der Waals surface area contributed by atoms with Crippen LogP contribution in [-0.2, 0) is 16.1 Å². The van der Waals surface area contributed by atoms with Crippen LogP contribution in [0, 0.1) is 5.92 Å². The van der Waals surface area contributed by atoms with E-state index in [1.54, 1.807) is 26.4 Å². The Morgan fingerprint density at radius 1 is 0.970 bits per heavy atom. The van der Waals surface area contributed by atoms with Crippen LogP contribution in [-0.4, -0.2) is 68.6 Å². The summed E-state index contributed by atoms with van der Waals surface area (Å²) >= 11 is 0. The second-order valence-electron chi connectivity index (χ2n) is 8.41. The SMILES string of the molecule is COc1ccc(OC)c(CN2CCN(C(=O)COc3cccc(NC(=O)C4CC4)c3)CC2)c1. The van der Waals surface area contributed by atoms with Gasteiger partial charge in [0, 0.05) is 56.0 Å². The van der Waals surface area contributed by atoms with Crippen molar-refractivity contribution in [2.45, 2.75) is 19.4 Å². The van der Waals surface area contributed by atoms with Crippen LogP contribution >= 0.6 is 0 Å². The van der Waals surface area contributed by atoms with Crippen molar-refractivity contribution in [1.29, 1.82) is 0 Å². The van der Waals surface area contributed by atoms with E-state index < -0.39 is 0 Å². The van der Waals surface area contributed by atoms with Crippen molar-refractivity contribution in [2.75, 3.05) is 52.3 Å². The Balaban J connectivity index is 1.24. The summed E-state index contributed by atoms with van der Waals surface area (Å²) in [6.45, 7) is 3.55. The number of rotatable bonds is 9. The third-order valence-electron chi connectivity index (χ3n) is 6.02. The van der Waals surface area contributed by atoms with E-state index in [1.807, 2.05) is 35.2 Å². The number of piperazine rings is 1. The van der Waals surface area contributed by atoms with Crippen molar-refractivity contribution in [3.8, 4) is 17.2 Å². The van der Waals surface area contributed by atoms with Crippen molar-refractivity contribution in [3.63, 3.8) is 0 Å². The number of carbonyl (C=O) groups is 2. The van der Waals surface area contributed by atoms with Gasteiger partial charge in [0.15, 0.2) is 6.61 Å². The van der Waals surface area contributed by atoms with Crippen LogP contribution in [0.15, 0.2) is 42.5 Å². The molecule has 2 aromatic rings. The molecule has 1 N–H and O–H groups in total. The molecule has 1 aliphatic carbocycles. The maximum absolute atomic E-state index is 12.7. The van der Waals surface area contributed by atoms with Gasteiger partial charge in [-0.2, -0.15) is 0 Å². The zero-order valence-electron chi connectivity index (χ0n) is 19.2. The Morgan fingerprint density at radius 2 is 1.76 bits per heavy atom. The molecule has 4 rings (SSSR count). The normalized spacial score (nSPS) is 16.2. The second-order valence-corrected chi connectivity index (χ2v) is 8.41. The third kappa shape index (κ3) is 6.16. The highest BCUT2D eigenvalue weighted by Gasteiger charge is 2.29. The van der Waals surface area contributed by atoms with Gasteiger partial charge in [0.2, 0.25) is 5.91 Å². The molecule has 1 saturated carbocycles. The van der Waals surface area contributed by atoms with Gasteiger partial charge in [0.05, 0.1) is 14.2 Å². The van der Waals surface area contributed by atoms with Gasteiger partial charge in [0.25, 0.3) is 5.91 Å². The molecule has 0 spiro atoms. The van der Waals surface area contributed by atoms with Crippen LogP contribution < -0.4 is 19.5 Å². The molecule has 2 aromatic carbocycles. The van der Waals surface area contributed by atoms with E-state index in [0.717, 1.165) is 49.5 Å². The fourth-order valence-corrected chi connectivity index (χ4v) is 3.89. The summed E-state index contributed by atoms with van der Waals surface area (Å²) in [5, 5.41) is 2.90. The summed E-state index contributed by atoms with van der Waals surface area (Å²) in [5.41, 5.74) is 1.76. The second kappa shape index (κ2) is 10.6. The highest BCUT2D eigenvalue weighted by molar-refractivity contribution is 5.94. The van der Waals surface area contributed by atoms with Crippen LogP contribution in [0.3, 0.4) is 0 Å². The van der Waals surface area contributed by atoms with Crippen LogP contribution in [0.25, 0.3) is 0 Å². The van der Waals surface area contributed by atoms with Gasteiger partial charge >= 0.3 is 0 Å². The van der Waals surface area contributed by atoms with Crippen molar-refractivity contribution in [2.24, 2.45) is 5.92 Å². The topological polar surface area (TPSA) is 80.3 Å². The number of hydrogen-bond acceptors (Lipinski definition) is 6. The number of methoxy groups -OCH3 is 2. The molecule has 1 aliphatic heterocycles. The summed E-state index contributed by atoms with van der Waals surface area (Å²) in [7, 11) is 3.32. The molecular weight excluding hydrogens is 422 g/mol. The van der Waals surface area contributed by atoms with E-state index in [0.29, 0.717) is 24.5 Å². The zero-order valence-corrected chi connectivity index (χ0v) is 19.2. The van der Waals surface area contributed by atoms with E-state index >= 15 is 0 Å². The minimum absolute atomic E-state index is 0.0241. The Labute approximate surface area is 194 Å². The average molecular weight is 454 g/mol. The first-order chi connectivity index (χ1) is 16.1. The molecule has 33 heavy (non-hydrogen) atoms. The summed E-state index contributed by atoms with van der Waals surface area (Å²) < 4.78 is 16.5. The molecule has 0 radical (unpaired) electrons. The largest absolute Gasteiger partial charge is 0.497 e. The summed E-state index contributed by atoms with van der Waals surface area (Å²) in [6.07, 6.45) is 1.91. The molecule has 0 bridgehead atoms. The van der Waals surface area contributed by atoms with Gasteiger partial charge in [0.1, 0.15) is 17.2 Å². The molecule has 1 heterocycles. The highest BCUT2D eigenvalue weighted by atomic mass is 16.5. The van der Waals surface area contributed by atoms with Gasteiger partial charge in [-0.3, -0.25) is 14.5 Å². The Bertz CT molecular complexity index is 984. The van der Waals surface area contributed by atoms with Crippen molar-refractivity contribution in [1.82, 2.24) is 9.80 Å². The van der Waals surface area contributed by atoms with Crippen molar-refractivity contribution < 1.29 is 23.8 Å². The number of nitrogens with one attached hydrogen (secondary N) is 1. The Morgan fingerprint density at radius 3 is 2.45 bits per heavy atom. The Kier molecular flexibility index (Phi) is 7.34. The molecule has 8 nitrogen and oxygen atoms in total. The van der Waals surface area contributed by atoms with Crippen molar-refractivity contribution in [3.05, 3.63) is 48.0 Å². The maximum Gasteiger partial charge on any atom is 0.260 e. The summed E-state index contributed by atoms with van der Waals surface area (Å²) in [5.74, 6) is 2.35. The number of anilines is 1. The lowest BCUT2D eigenvalue weighted by molar-refractivity contribution is -0.135. The van der Waals surface area contributed by atoms with Crippen LogP contribution in [0.5, 0.6) is 17.2 Å². The number of amides is 2. The first-order valence-electron chi connectivity index (χ1n) is 11.3. The number of ether oxygens (including phenoxy) is 3. The molecular formula is C25H31N3O5. The molecule has 2 fully saturated rings. The maximum atomic E-state index is 12.7. The van der Waals surface area contributed by atoms with Gasteiger partial charge in [-0.05, 0) is 43.2 Å².